The third-order valence-electron chi connectivity index (χ3n) is 2.04. The van der Waals surface area contributed by atoms with Crippen LogP contribution in [0.1, 0.15) is 13.3 Å². The van der Waals surface area contributed by atoms with Crippen molar-refractivity contribution >= 4 is 11.4 Å². The minimum absolute atomic E-state index is 0.0919. The van der Waals surface area contributed by atoms with Gasteiger partial charge in [0.05, 0.1) is 11.3 Å². The maximum absolute atomic E-state index is 12.1. The Bertz CT molecular complexity index is 407. The first-order chi connectivity index (χ1) is 7.79. The molecule has 1 rings (SSSR count). The zero-order valence-electron chi connectivity index (χ0n) is 8.99. The lowest BCUT2D eigenvalue weighted by Gasteiger charge is -2.16. The lowest BCUT2D eigenvalue weighted by Crippen LogP contribution is -2.24. The van der Waals surface area contributed by atoms with E-state index in [9.17, 15) is 23.3 Å². The molecule has 1 unspecified atom stereocenters. The molecule has 17 heavy (non-hydrogen) atoms. The number of hydrogen-bond donors (Lipinski definition) is 1. The standard InChI is InChI=1S/C10H11F3N2O2/c1-7(6-10(11,12)13)14-8-4-2-3-5-9(8)15(16)17/h2-5,7,14H,6H2,1H3. The number of nitro groups is 1. The van der Waals surface area contributed by atoms with E-state index >= 15 is 0 Å². The van der Waals surface area contributed by atoms with Gasteiger partial charge in [-0.15, -0.1) is 0 Å². The van der Waals surface area contributed by atoms with Gasteiger partial charge in [-0.2, -0.15) is 13.2 Å². The molecule has 0 aliphatic heterocycles. The van der Waals surface area contributed by atoms with Gasteiger partial charge >= 0.3 is 6.18 Å². The van der Waals surface area contributed by atoms with E-state index < -0.39 is 23.6 Å². The maximum Gasteiger partial charge on any atom is 0.391 e. The summed E-state index contributed by atoms with van der Waals surface area (Å²) in [5.41, 5.74) is -0.143. The van der Waals surface area contributed by atoms with Crippen LogP contribution in [0.4, 0.5) is 24.5 Å². The summed E-state index contributed by atoms with van der Waals surface area (Å²) in [6.45, 7) is 1.32. The third-order valence-corrected chi connectivity index (χ3v) is 2.04. The van der Waals surface area contributed by atoms with Gasteiger partial charge in [-0.25, -0.2) is 0 Å². The van der Waals surface area contributed by atoms with Crippen LogP contribution in [0.3, 0.4) is 0 Å². The van der Waals surface area contributed by atoms with Crippen LogP contribution in [0.25, 0.3) is 0 Å². The highest BCUT2D eigenvalue weighted by molar-refractivity contribution is 5.61. The first-order valence-electron chi connectivity index (χ1n) is 4.86. The normalized spacial score (nSPS) is 13.2. The van der Waals surface area contributed by atoms with Gasteiger partial charge in [-0.1, -0.05) is 12.1 Å². The Morgan fingerprint density at radius 2 is 2.00 bits per heavy atom. The predicted octanol–water partition coefficient (Wildman–Crippen LogP) is 3.35. The van der Waals surface area contributed by atoms with Gasteiger partial charge in [0.1, 0.15) is 5.69 Å². The zero-order chi connectivity index (χ0) is 13.1. The van der Waals surface area contributed by atoms with Crippen LogP contribution in [0, 0.1) is 10.1 Å². The Morgan fingerprint density at radius 3 is 2.53 bits per heavy atom. The molecule has 1 N–H and O–H groups in total. The molecule has 0 saturated heterocycles. The molecule has 1 aromatic rings. The second kappa shape index (κ2) is 5.03. The van der Waals surface area contributed by atoms with Gasteiger partial charge in [0.2, 0.25) is 0 Å². The summed E-state index contributed by atoms with van der Waals surface area (Å²) in [6, 6.07) is 4.68. The van der Waals surface area contributed by atoms with E-state index in [2.05, 4.69) is 5.32 Å². The molecule has 0 saturated carbocycles. The Kier molecular flexibility index (Phi) is 3.93. The molecule has 0 radical (unpaired) electrons. The Balaban J connectivity index is 2.78. The van der Waals surface area contributed by atoms with Gasteiger partial charge in [0, 0.05) is 12.1 Å². The molecule has 0 bridgehead atoms. The number of benzene rings is 1. The van der Waals surface area contributed by atoms with Crippen molar-refractivity contribution in [2.75, 3.05) is 5.32 Å². The number of nitrogens with one attached hydrogen (secondary N) is 1. The number of alkyl halides is 3. The molecule has 4 nitrogen and oxygen atoms in total. The fourth-order valence-corrected chi connectivity index (χ4v) is 1.42. The van der Waals surface area contributed by atoms with Crippen molar-refractivity contribution in [1.82, 2.24) is 0 Å². The van der Waals surface area contributed by atoms with E-state index in [1.165, 1.54) is 31.2 Å². The van der Waals surface area contributed by atoms with Gasteiger partial charge < -0.3 is 5.32 Å². The van der Waals surface area contributed by atoms with Crippen LogP contribution in [0.15, 0.2) is 24.3 Å². The molecule has 0 aliphatic carbocycles. The van der Waals surface area contributed by atoms with E-state index in [4.69, 9.17) is 0 Å². The SMILES string of the molecule is CC(CC(F)(F)F)Nc1ccccc1[N+](=O)[O-]. The van der Waals surface area contributed by atoms with Crippen molar-refractivity contribution in [1.29, 1.82) is 0 Å². The lowest BCUT2D eigenvalue weighted by molar-refractivity contribution is -0.384. The Morgan fingerprint density at radius 1 is 1.41 bits per heavy atom. The summed E-state index contributed by atoms with van der Waals surface area (Å²) >= 11 is 0. The monoisotopic (exact) mass is 248 g/mol. The quantitative estimate of drug-likeness (QED) is 0.656. The van der Waals surface area contributed by atoms with Gasteiger partial charge in [0.15, 0.2) is 0 Å². The van der Waals surface area contributed by atoms with Crippen LogP contribution in [-0.2, 0) is 0 Å². The molecule has 7 heteroatoms. The number of nitrogens with zero attached hydrogens (tertiary/aromatic N) is 1. The number of para-hydroxylation sites is 2. The Labute approximate surface area is 95.6 Å². The van der Waals surface area contributed by atoms with Crippen LogP contribution in [0.5, 0.6) is 0 Å². The summed E-state index contributed by atoms with van der Waals surface area (Å²) in [4.78, 5) is 10.00. The van der Waals surface area contributed by atoms with E-state index in [0.717, 1.165) is 0 Å². The van der Waals surface area contributed by atoms with Crippen LogP contribution in [-0.4, -0.2) is 17.1 Å². The van der Waals surface area contributed by atoms with Crippen molar-refractivity contribution < 1.29 is 18.1 Å². The molecule has 0 aliphatic rings. The second-order valence-electron chi connectivity index (χ2n) is 3.64. The largest absolute Gasteiger partial charge is 0.391 e. The number of nitro benzene ring substituents is 1. The molecular weight excluding hydrogens is 237 g/mol. The lowest BCUT2D eigenvalue weighted by atomic mass is 10.2. The fraction of sp³-hybridized carbons (Fsp3) is 0.400. The van der Waals surface area contributed by atoms with Crippen LogP contribution < -0.4 is 5.32 Å². The highest BCUT2D eigenvalue weighted by Crippen LogP contribution is 2.27. The van der Waals surface area contributed by atoms with Crippen molar-refractivity contribution in [3.05, 3.63) is 34.4 Å². The van der Waals surface area contributed by atoms with Gasteiger partial charge in [0.25, 0.3) is 5.69 Å². The molecule has 94 valence electrons. The average Bonchev–Trinajstić information content (AvgIpc) is 2.14. The first kappa shape index (κ1) is 13.3. The number of anilines is 1. The maximum atomic E-state index is 12.1. The van der Waals surface area contributed by atoms with Crippen LogP contribution >= 0.6 is 0 Å². The number of halogens is 3. The zero-order valence-corrected chi connectivity index (χ0v) is 8.99. The fourth-order valence-electron chi connectivity index (χ4n) is 1.42. The minimum atomic E-state index is -4.30. The third kappa shape index (κ3) is 4.29. The van der Waals surface area contributed by atoms with E-state index in [-0.39, 0.29) is 11.4 Å². The molecule has 0 fully saturated rings. The van der Waals surface area contributed by atoms with Crippen LogP contribution in [0.2, 0.25) is 0 Å². The van der Waals surface area contributed by atoms with E-state index in [1.54, 1.807) is 0 Å². The Hall–Kier alpha value is -1.79. The molecule has 0 aromatic heterocycles. The summed E-state index contributed by atoms with van der Waals surface area (Å²) in [7, 11) is 0. The van der Waals surface area contributed by atoms with Crippen molar-refractivity contribution in [2.45, 2.75) is 25.6 Å². The van der Waals surface area contributed by atoms with Gasteiger partial charge in [-0.05, 0) is 13.0 Å². The van der Waals surface area contributed by atoms with Crippen molar-refractivity contribution in [3.8, 4) is 0 Å². The highest BCUT2D eigenvalue weighted by atomic mass is 19.4. The summed E-state index contributed by atoms with van der Waals surface area (Å²) in [5, 5.41) is 13.1. The molecule has 1 atom stereocenters. The summed E-state index contributed by atoms with van der Waals surface area (Å²) < 4.78 is 36.3. The highest BCUT2D eigenvalue weighted by Gasteiger charge is 2.30. The minimum Gasteiger partial charge on any atom is -0.377 e. The molecule has 1 aromatic carbocycles. The van der Waals surface area contributed by atoms with Gasteiger partial charge in [-0.3, -0.25) is 10.1 Å². The van der Waals surface area contributed by atoms with E-state index in [1.807, 2.05) is 0 Å². The summed E-state index contributed by atoms with van der Waals surface area (Å²) in [6.07, 6.45) is -5.34. The molecular formula is C10H11F3N2O2. The second-order valence-corrected chi connectivity index (χ2v) is 3.64. The van der Waals surface area contributed by atoms with Crippen molar-refractivity contribution in [2.24, 2.45) is 0 Å². The summed E-state index contributed by atoms with van der Waals surface area (Å²) in [5.74, 6) is 0. The smallest absolute Gasteiger partial charge is 0.377 e. The predicted molar refractivity (Wildman–Crippen MR) is 56.9 cm³/mol. The molecule has 0 spiro atoms. The first-order valence-corrected chi connectivity index (χ1v) is 4.86. The molecule has 0 amide bonds. The average molecular weight is 248 g/mol. The number of rotatable bonds is 4. The van der Waals surface area contributed by atoms with E-state index in [0.29, 0.717) is 0 Å². The number of hydrogen-bond acceptors (Lipinski definition) is 3. The topological polar surface area (TPSA) is 55.2 Å². The molecule has 0 heterocycles. The van der Waals surface area contributed by atoms with Crippen molar-refractivity contribution in [3.63, 3.8) is 0 Å².